The van der Waals surface area contributed by atoms with Crippen LogP contribution in [0.15, 0.2) is 21.9 Å². The van der Waals surface area contributed by atoms with Gasteiger partial charge in [-0.25, -0.2) is 8.78 Å². The van der Waals surface area contributed by atoms with Crippen LogP contribution in [0.5, 0.6) is 5.75 Å². The summed E-state index contributed by atoms with van der Waals surface area (Å²) in [6, 6.07) is 4.32. The van der Waals surface area contributed by atoms with Gasteiger partial charge in [0.1, 0.15) is 4.90 Å². The molecule has 282 valence electrons. The second-order valence-electron chi connectivity index (χ2n) is 14.9. The normalized spacial score (nSPS) is 23.3. The minimum Gasteiger partial charge on any atom is -0.420 e. The lowest BCUT2D eigenvalue weighted by molar-refractivity contribution is -0.141. The third kappa shape index (κ3) is 8.33. The maximum Gasteiger partial charge on any atom is 0.314 e. The average Bonchev–Trinajstić information content (AvgIpc) is 3.12. The van der Waals surface area contributed by atoms with Gasteiger partial charge in [-0.15, -0.1) is 0 Å². The molecule has 4 saturated carbocycles. The Balaban J connectivity index is 1.23. The Kier molecular flexibility index (Phi) is 11.8. The standard InChI is InChI=1S/C37H46F4O8S2/c38-30-32(40)36(50(43,44)45)33(41)31(39)34(30)48-37(42)25-16-18-27(19-17-25)49-51(46,47)35-28(23-12-6-2-7-13-23)20-26(22-10-4-1-5-11-22)21-29(35)24-14-8-3-9-15-24/h20-25,27H,1-19H2,(H,43,44,45). The Morgan fingerprint density at radius 3 is 1.45 bits per heavy atom. The van der Waals surface area contributed by atoms with Crippen molar-refractivity contribution in [2.24, 2.45) is 5.92 Å². The molecule has 0 aliphatic heterocycles. The number of rotatable bonds is 9. The van der Waals surface area contributed by atoms with E-state index in [0.29, 0.717) is 10.8 Å². The van der Waals surface area contributed by atoms with Gasteiger partial charge < -0.3 is 4.74 Å². The van der Waals surface area contributed by atoms with E-state index in [1.165, 1.54) is 24.8 Å². The molecule has 8 nitrogen and oxygen atoms in total. The van der Waals surface area contributed by atoms with Crippen LogP contribution in [0.2, 0.25) is 0 Å². The largest absolute Gasteiger partial charge is 0.420 e. The second-order valence-corrected chi connectivity index (χ2v) is 17.7. The number of hydrogen-bond acceptors (Lipinski definition) is 7. The van der Waals surface area contributed by atoms with Crippen LogP contribution in [0.3, 0.4) is 0 Å². The Morgan fingerprint density at radius 2 is 1.02 bits per heavy atom. The van der Waals surface area contributed by atoms with E-state index in [4.69, 9.17) is 8.74 Å². The smallest absolute Gasteiger partial charge is 0.314 e. The summed E-state index contributed by atoms with van der Waals surface area (Å²) in [7, 11) is -9.93. The van der Waals surface area contributed by atoms with Crippen LogP contribution in [-0.2, 0) is 29.2 Å². The van der Waals surface area contributed by atoms with Crippen LogP contribution in [0, 0.1) is 29.2 Å². The van der Waals surface area contributed by atoms with E-state index in [0.717, 1.165) is 88.2 Å². The van der Waals surface area contributed by atoms with Crippen molar-refractivity contribution in [1.82, 2.24) is 0 Å². The number of benzene rings is 2. The molecule has 0 unspecified atom stereocenters. The number of carbonyl (C=O) groups is 1. The molecule has 2 aromatic rings. The van der Waals surface area contributed by atoms with Gasteiger partial charge in [-0.2, -0.15) is 25.6 Å². The Hall–Kier alpha value is -2.55. The van der Waals surface area contributed by atoms with E-state index in [-0.39, 0.29) is 37.5 Å². The number of ether oxygens (including phenoxy) is 1. The van der Waals surface area contributed by atoms with Crippen LogP contribution in [0.4, 0.5) is 17.6 Å². The molecule has 0 saturated heterocycles. The summed E-state index contributed by atoms with van der Waals surface area (Å²) in [5.74, 6) is -12.8. The maximum atomic E-state index is 14.5. The summed E-state index contributed by atoms with van der Waals surface area (Å²) in [4.78, 5) is 10.9. The highest BCUT2D eigenvalue weighted by Gasteiger charge is 2.39. The molecule has 1 N–H and O–H groups in total. The Labute approximate surface area is 297 Å². The first-order valence-corrected chi connectivity index (χ1v) is 21.3. The fraction of sp³-hybridized carbons (Fsp3) is 0.649. The van der Waals surface area contributed by atoms with E-state index in [2.05, 4.69) is 16.9 Å². The third-order valence-electron chi connectivity index (χ3n) is 11.5. The van der Waals surface area contributed by atoms with Crippen LogP contribution >= 0.6 is 0 Å². The van der Waals surface area contributed by atoms with Gasteiger partial charge >= 0.3 is 16.1 Å². The Bertz CT molecular complexity index is 1750. The van der Waals surface area contributed by atoms with Crippen molar-refractivity contribution >= 4 is 26.2 Å². The number of halogens is 4. The summed E-state index contributed by atoms with van der Waals surface area (Å²) in [6.45, 7) is 0. The van der Waals surface area contributed by atoms with Gasteiger partial charge in [0.25, 0.3) is 10.1 Å². The highest BCUT2D eigenvalue weighted by molar-refractivity contribution is 7.87. The molecule has 4 fully saturated rings. The van der Waals surface area contributed by atoms with E-state index >= 15 is 0 Å². The van der Waals surface area contributed by atoms with Crippen molar-refractivity contribution in [2.45, 2.75) is 156 Å². The summed E-state index contributed by atoms with van der Waals surface area (Å²) in [5, 5.41) is 0. The number of esters is 1. The van der Waals surface area contributed by atoms with Crippen molar-refractivity contribution in [1.29, 1.82) is 0 Å². The predicted molar refractivity (Wildman–Crippen MR) is 180 cm³/mol. The van der Waals surface area contributed by atoms with Gasteiger partial charge in [-0.05, 0) is 98.7 Å². The highest BCUT2D eigenvalue weighted by atomic mass is 32.2. The molecule has 51 heavy (non-hydrogen) atoms. The summed E-state index contributed by atoms with van der Waals surface area (Å²) in [5.41, 5.74) is 2.99. The monoisotopic (exact) mass is 758 g/mol. The third-order valence-corrected chi connectivity index (χ3v) is 13.9. The van der Waals surface area contributed by atoms with E-state index in [1.807, 2.05) is 0 Å². The lowest BCUT2D eigenvalue weighted by Crippen LogP contribution is -2.31. The molecule has 0 bridgehead atoms. The first-order chi connectivity index (χ1) is 24.3. The molecular formula is C37H46F4O8S2. The van der Waals surface area contributed by atoms with Crippen LogP contribution in [0.1, 0.15) is 156 Å². The Morgan fingerprint density at radius 1 is 0.588 bits per heavy atom. The molecule has 0 heterocycles. The van der Waals surface area contributed by atoms with E-state index < -0.39 is 72.1 Å². The fourth-order valence-electron chi connectivity index (χ4n) is 8.81. The summed E-state index contributed by atoms with van der Waals surface area (Å²) in [6.07, 6.45) is 15.2. The molecule has 4 aliphatic carbocycles. The lowest BCUT2D eigenvalue weighted by Gasteiger charge is -2.33. The first kappa shape index (κ1) is 38.2. The van der Waals surface area contributed by atoms with Crippen molar-refractivity contribution in [3.8, 4) is 5.75 Å². The van der Waals surface area contributed by atoms with Crippen LogP contribution in [-0.4, -0.2) is 33.5 Å². The van der Waals surface area contributed by atoms with Crippen LogP contribution in [0.25, 0.3) is 0 Å². The lowest BCUT2D eigenvalue weighted by atomic mass is 9.76. The van der Waals surface area contributed by atoms with Crippen LogP contribution < -0.4 is 4.74 Å². The van der Waals surface area contributed by atoms with E-state index in [1.54, 1.807) is 0 Å². The molecule has 14 heteroatoms. The average molecular weight is 759 g/mol. The number of hydrogen-bond donors (Lipinski definition) is 1. The molecule has 0 spiro atoms. The van der Waals surface area contributed by atoms with Gasteiger partial charge in [0.2, 0.25) is 17.4 Å². The summed E-state index contributed by atoms with van der Waals surface area (Å²) < 4.78 is 129. The zero-order valence-electron chi connectivity index (χ0n) is 28.6. The fourth-order valence-corrected chi connectivity index (χ4v) is 11.1. The SMILES string of the molecule is O=C(Oc1c(F)c(F)c(S(=O)(=O)O)c(F)c1F)C1CCC(OS(=O)(=O)c2c(C3CCCCC3)cc(C3CCCCC3)cc2C2CCCCC2)CC1. The first-order valence-electron chi connectivity index (χ1n) is 18.4. The minimum atomic E-state index is -5.68. The molecular weight excluding hydrogens is 713 g/mol. The summed E-state index contributed by atoms with van der Waals surface area (Å²) >= 11 is 0. The molecule has 0 amide bonds. The molecule has 0 aromatic heterocycles. The zero-order chi connectivity index (χ0) is 36.5. The number of carbonyl (C=O) groups excluding carboxylic acids is 1. The van der Waals surface area contributed by atoms with Gasteiger partial charge in [-0.3, -0.25) is 13.5 Å². The molecule has 2 aromatic carbocycles. The highest BCUT2D eigenvalue weighted by Crippen LogP contribution is 2.46. The van der Waals surface area contributed by atoms with Crippen molar-refractivity contribution in [3.63, 3.8) is 0 Å². The van der Waals surface area contributed by atoms with Gasteiger partial charge in [0.05, 0.1) is 12.0 Å². The maximum absolute atomic E-state index is 14.5. The van der Waals surface area contributed by atoms with Gasteiger partial charge in [0.15, 0.2) is 16.5 Å². The predicted octanol–water partition coefficient (Wildman–Crippen LogP) is 9.50. The van der Waals surface area contributed by atoms with Crippen molar-refractivity contribution < 1.29 is 52.7 Å². The van der Waals surface area contributed by atoms with Gasteiger partial charge in [-0.1, -0.05) is 69.9 Å². The topological polar surface area (TPSA) is 124 Å². The van der Waals surface area contributed by atoms with Crippen molar-refractivity contribution in [2.75, 3.05) is 0 Å². The molecule has 6 rings (SSSR count). The molecule has 0 atom stereocenters. The molecule has 0 radical (unpaired) electrons. The van der Waals surface area contributed by atoms with E-state index in [9.17, 15) is 39.2 Å². The minimum absolute atomic E-state index is 0.00189. The quantitative estimate of drug-likeness (QED) is 0.0670. The van der Waals surface area contributed by atoms with Gasteiger partial charge in [0, 0.05) is 0 Å². The molecule has 4 aliphatic rings. The second kappa shape index (κ2) is 15.8. The van der Waals surface area contributed by atoms with Crippen molar-refractivity contribution in [3.05, 3.63) is 52.1 Å². The zero-order valence-corrected chi connectivity index (χ0v) is 30.2.